The number of hydrogen-bond donors (Lipinski definition) is 1. The molecule has 0 aliphatic heterocycles. The van der Waals surface area contributed by atoms with E-state index in [4.69, 9.17) is 0 Å². The first-order valence-corrected chi connectivity index (χ1v) is 9.32. The molecule has 7 heteroatoms. The molecule has 21 heavy (non-hydrogen) atoms. The van der Waals surface area contributed by atoms with Crippen LogP contribution in [0.1, 0.15) is 22.2 Å². The van der Waals surface area contributed by atoms with Crippen molar-refractivity contribution < 1.29 is 13.2 Å². The van der Waals surface area contributed by atoms with E-state index in [1.165, 1.54) is 19.1 Å². The lowest BCUT2D eigenvalue weighted by atomic mass is 10.2. The van der Waals surface area contributed by atoms with Crippen LogP contribution in [0.3, 0.4) is 0 Å². The quantitative estimate of drug-likeness (QED) is 0.773. The lowest BCUT2D eigenvalue weighted by Gasteiger charge is -2.07. The van der Waals surface area contributed by atoms with Gasteiger partial charge in [-0.2, -0.15) is 0 Å². The van der Waals surface area contributed by atoms with Crippen LogP contribution in [0.15, 0.2) is 45.1 Å². The van der Waals surface area contributed by atoms with Gasteiger partial charge in [-0.05, 0) is 53.5 Å². The molecule has 0 saturated heterocycles. The monoisotopic (exact) mass is 387 g/mol. The molecular weight excluding hydrogens is 374 g/mol. The first-order valence-electron chi connectivity index (χ1n) is 6.23. The summed E-state index contributed by atoms with van der Waals surface area (Å²) in [4.78, 5) is 12.5. The summed E-state index contributed by atoms with van der Waals surface area (Å²) in [6, 6.07) is 9.94. The molecule has 1 aromatic heterocycles. The number of halogens is 1. The van der Waals surface area contributed by atoms with Gasteiger partial charge in [0, 0.05) is 17.0 Å². The van der Waals surface area contributed by atoms with E-state index in [1.807, 2.05) is 12.1 Å². The minimum atomic E-state index is -3.59. The molecule has 1 aromatic carbocycles. The maximum absolute atomic E-state index is 12.2. The fourth-order valence-corrected chi connectivity index (χ4v) is 4.32. The molecule has 0 aliphatic rings. The summed E-state index contributed by atoms with van der Waals surface area (Å²) in [6.45, 7) is 1.73. The predicted octanol–water partition coefficient (Wildman–Crippen LogP) is 3.23. The number of ketones is 1. The summed E-state index contributed by atoms with van der Waals surface area (Å²) in [6.07, 6.45) is 0.627. The number of carbonyl (C=O) groups is 1. The van der Waals surface area contributed by atoms with E-state index in [9.17, 15) is 13.2 Å². The molecule has 0 bridgehead atoms. The molecular formula is C14H14BrNO3S2. The number of benzene rings is 1. The molecule has 0 saturated carbocycles. The summed E-state index contributed by atoms with van der Waals surface area (Å²) < 4.78 is 27.9. The molecule has 112 valence electrons. The summed E-state index contributed by atoms with van der Waals surface area (Å²) >= 11 is 4.95. The molecule has 0 aliphatic carbocycles. The minimum Gasteiger partial charge on any atom is -0.295 e. The van der Waals surface area contributed by atoms with Gasteiger partial charge in [-0.3, -0.25) is 4.79 Å². The fourth-order valence-electron chi connectivity index (χ4n) is 1.76. The van der Waals surface area contributed by atoms with Gasteiger partial charge in [0.25, 0.3) is 0 Å². The lowest BCUT2D eigenvalue weighted by Crippen LogP contribution is -2.26. The summed E-state index contributed by atoms with van der Waals surface area (Å²) in [5, 5.41) is 0. The number of nitrogens with one attached hydrogen (secondary N) is 1. The molecule has 0 fully saturated rings. The third-order valence-corrected chi connectivity index (χ3v) is 5.99. The SMILES string of the molecule is CC(=O)c1cccc(S(=O)(=O)NCCc2ccc(Br)s2)c1. The van der Waals surface area contributed by atoms with Crippen molar-refractivity contribution >= 4 is 43.1 Å². The normalized spacial score (nSPS) is 11.5. The van der Waals surface area contributed by atoms with Gasteiger partial charge in [-0.25, -0.2) is 13.1 Å². The Balaban J connectivity index is 2.04. The maximum atomic E-state index is 12.2. The highest BCUT2D eigenvalue weighted by Crippen LogP contribution is 2.22. The van der Waals surface area contributed by atoms with Gasteiger partial charge in [0.2, 0.25) is 10.0 Å². The average Bonchev–Trinajstić information content (AvgIpc) is 2.84. The van der Waals surface area contributed by atoms with Gasteiger partial charge in [0.1, 0.15) is 0 Å². The second-order valence-corrected chi connectivity index (χ2v) is 8.75. The van der Waals surface area contributed by atoms with Crippen molar-refractivity contribution in [1.82, 2.24) is 4.72 Å². The smallest absolute Gasteiger partial charge is 0.240 e. The van der Waals surface area contributed by atoms with Crippen molar-refractivity contribution in [3.63, 3.8) is 0 Å². The summed E-state index contributed by atoms with van der Waals surface area (Å²) in [7, 11) is -3.59. The second-order valence-electron chi connectivity index (χ2n) is 4.44. The molecule has 0 spiro atoms. The Morgan fingerprint density at radius 2 is 2.05 bits per heavy atom. The van der Waals surface area contributed by atoms with Crippen molar-refractivity contribution in [2.24, 2.45) is 0 Å². The molecule has 1 N–H and O–H groups in total. The van der Waals surface area contributed by atoms with Gasteiger partial charge in [-0.1, -0.05) is 12.1 Å². The predicted molar refractivity (Wildman–Crippen MR) is 87.4 cm³/mol. The Kier molecular flexibility index (Phi) is 5.32. The number of rotatable bonds is 6. The zero-order chi connectivity index (χ0) is 15.5. The molecule has 0 atom stereocenters. The third kappa shape index (κ3) is 4.47. The third-order valence-electron chi connectivity index (χ3n) is 2.84. The molecule has 2 rings (SSSR count). The van der Waals surface area contributed by atoms with Crippen molar-refractivity contribution in [3.8, 4) is 0 Å². The Morgan fingerprint density at radius 3 is 2.67 bits per heavy atom. The van der Waals surface area contributed by atoms with Gasteiger partial charge in [-0.15, -0.1) is 11.3 Å². The van der Waals surface area contributed by atoms with Crippen LogP contribution >= 0.6 is 27.3 Å². The van der Waals surface area contributed by atoms with Gasteiger partial charge >= 0.3 is 0 Å². The van der Waals surface area contributed by atoms with Crippen molar-refractivity contribution in [2.45, 2.75) is 18.2 Å². The lowest BCUT2D eigenvalue weighted by molar-refractivity contribution is 0.101. The Hall–Kier alpha value is -1.02. The van der Waals surface area contributed by atoms with E-state index >= 15 is 0 Å². The number of thiophene rings is 1. The fraction of sp³-hybridized carbons (Fsp3) is 0.214. The van der Waals surface area contributed by atoms with E-state index in [0.717, 1.165) is 8.66 Å². The van der Waals surface area contributed by atoms with E-state index in [-0.39, 0.29) is 10.7 Å². The van der Waals surface area contributed by atoms with Crippen molar-refractivity contribution in [2.75, 3.05) is 6.54 Å². The van der Waals surface area contributed by atoms with Crippen LogP contribution in [0, 0.1) is 0 Å². The molecule has 4 nitrogen and oxygen atoms in total. The average molecular weight is 388 g/mol. The Morgan fingerprint density at radius 1 is 1.29 bits per heavy atom. The molecule has 0 amide bonds. The molecule has 0 unspecified atom stereocenters. The molecule has 0 radical (unpaired) electrons. The van der Waals surface area contributed by atoms with E-state index in [2.05, 4.69) is 20.7 Å². The standard InChI is InChI=1S/C14H14BrNO3S2/c1-10(17)11-3-2-4-13(9-11)21(18,19)16-8-7-12-5-6-14(15)20-12/h2-6,9,16H,7-8H2,1H3. The van der Waals surface area contributed by atoms with Crippen LogP contribution < -0.4 is 4.72 Å². The van der Waals surface area contributed by atoms with Crippen LogP contribution in [0.25, 0.3) is 0 Å². The summed E-state index contributed by atoms with van der Waals surface area (Å²) in [5.41, 5.74) is 0.389. The number of Topliss-reactive ketones (excluding diaryl/α,β-unsaturated/α-hetero) is 1. The highest BCUT2D eigenvalue weighted by molar-refractivity contribution is 9.11. The van der Waals surface area contributed by atoms with Crippen LogP contribution in [0.2, 0.25) is 0 Å². The first-order chi connectivity index (χ1) is 9.88. The molecule has 2 aromatic rings. The van der Waals surface area contributed by atoms with Crippen LogP contribution in [0.5, 0.6) is 0 Å². The zero-order valence-electron chi connectivity index (χ0n) is 11.3. The summed E-state index contributed by atoms with van der Waals surface area (Å²) in [5.74, 6) is -0.157. The van der Waals surface area contributed by atoms with E-state index < -0.39 is 10.0 Å². The van der Waals surface area contributed by atoms with Crippen LogP contribution in [0.4, 0.5) is 0 Å². The van der Waals surface area contributed by atoms with Crippen LogP contribution in [-0.4, -0.2) is 20.7 Å². The van der Waals surface area contributed by atoms with Crippen molar-refractivity contribution in [1.29, 1.82) is 0 Å². The van der Waals surface area contributed by atoms with Gasteiger partial charge in [0.15, 0.2) is 5.78 Å². The maximum Gasteiger partial charge on any atom is 0.240 e. The topological polar surface area (TPSA) is 63.2 Å². The van der Waals surface area contributed by atoms with Gasteiger partial charge in [0.05, 0.1) is 8.68 Å². The Bertz CT molecular complexity index is 753. The number of carbonyl (C=O) groups excluding carboxylic acids is 1. The molecule has 1 heterocycles. The first kappa shape index (κ1) is 16.4. The van der Waals surface area contributed by atoms with Crippen LogP contribution in [-0.2, 0) is 16.4 Å². The highest BCUT2D eigenvalue weighted by Gasteiger charge is 2.14. The van der Waals surface area contributed by atoms with Crippen molar-refractivity contribution in [3.05, 3.63) is 50.6 Å². The van der Waals surface area contributed by atoms with Gasteiger partial charge < -0.3 is 0 Å². The Labute approximate surface area is 136 Å². The number of hydrogen-bond acceptors (Lipinski definition) is 4. The minimum absolute atomic E-state index is 0.113. The number of sulfonamides is 1. The second kappa shape index (κ2) is 6.83. The van der Waals surface area contributed by atoms with E-state index in [1.54, 1.807) is 23.5 Å². The largest absolute Gasteiger partial charge is 0.295 e. The zero-order valence-corrected chi connectivity index (χ0v) is 14.5. The van der Waals surface area contributed by atoms with E-state index in [0.29, 0.717) is 18.5 Å². The highest BCUT2D eigenvalue weighted by atomic mass is 79.9.